The minimum absolute atomic E-state index is 0.798. The predicted octanol–water partition coefficient (Wildman–Crippen LogP) is 20.7. The van der Waals surface area contributed by atoms with Crippen molar-refractivity contribution in [3.63, 3.8) is 0 Å². The zero-order chi connectivity index (χ0) is 62.6. The third-order valence-corrected chi connectivity index (χ3v) is 18.4. The lowest BCUT2D eigenvalue weighted by atomic mass is 10.0. The van der Waals surface area contributed by atoms with Crippen molar-refractivity contribution in [1.82, 2.24) is 33.2 Å². The van der Waals surface area contributed by atoms with E-state index in [1.54, 1.807) is 0 Å². The van der Waals surface area contributed by atoms with Crippen LogP contribution in [-0.2, 0) is 38.5 Å². The number of hydrogen-bond acceptors (Lipinski definition) is 3. The second-order valence-electron chi connectivity index (χ2n) is 24.4. The number of nitrogens with zero attached hydrogens (tertiary/aromatic N) is 7. The molecule has 0 amide bonds. The molecule has 12 aromatic carbocycles. The average molecular weight is 1210 g/mol. The van der Waals surface area contributed by atoms with Gasteiger partial charge in [-0.25, -0.2) is 15.0 Å². The minimum Gasteiger partial charge on any atom is -0.309 e. The summed E-state index contributed by atoms with van der Waals surface area (Å²) in [5, 5.41) is 2.52. The molecule has 7 nitrogen and oxygen atoms in total. The molecule has 0 radical (unpaired) electrons. The van der Waals surface area contributed by atoms with Crippen LogP contribution in [0.15, 0.2) is 334 Å². The number of aromatic nitrogens is 7. The van der Waals surface area contributed by atoms with Crippen LogP contribution in [0, 0.1) is 0 Å². The van der Waals surface area contributed by atoms with Gasteiger partial charge in [-0.1, -0.05) is 231 Å². The fraction of sp³-hybridized carbons (Fsp3) is 0.0690. The Balaban J connectivity index is 0.666. The van der Waals surface area contributed by atoms with Crippen molar-refractivity contribution in [3.8, 4) is 90.3 Å². The first-order valence-electron chi connectivity index (χ1n) is 32.6. The van der Waals surface area contributed by atoms with E-state index in [2.05, 4.69) is 328 Å². The summed E-state index contributed by atoms with van der Waals surface area (Å²) in [6, 6.07) is 110. The molecule has 94 heavy (non-hydrogen) atoms. The Morgan fingerprint density at radius 1 is 0.245 bits per heavy atom. The second-order valence-corrected chi connectivity index (χ2v) is 24.4. The van der Waals surface area contributed by atoms with Crippen molar-refractivity contribution in [2.24, 2.45) is 0 Å². The van der Waals surface area contributed by atoms with Gasteiger partial charge in [0.1, 0.15) is 17.5 Å². The fourth-order valence-electron chi connectivity index (χ4n) is 13.4. The number of imidazole rings is 3. The number of aryl methyl sites for hydroxylation is 6. The molecule has 0 N–H and O–H groups in total. The van der Waals surface area contributed by atoms with Crippen molar-refractivity contribution in [2.75, 3.05) is 0 Å². The molecular weight excluding hydrogens is 1140 g/mol. The van der Waals surface area contributed by atoms with Gasteiger partial charge < -0.3 is 4.57 Å². The maximum absolute atomic E-state index is 5.34. The highest BCUT2D eigenvalue weighted by atomic mass is 15.1. The van der Waals surface area contributed by atoms with Gasteiger partial charge in [-0.05, 0) is 173 Å². The van der Waals surface area contributed by atoms with Crippen LogP contribution in [0.3, 0.4) is 0 Å². The molecule has 4 heterocycles. The van der Waals surface area contributed by atoms with E-state index in [1.165, 1.54) is 83.0 Å². The Morgan fingerprint density at radius 3 is 1.04 bits per heavy atom. The molecule has 16 rings (SSSR count). The quantitative estimate of drug-likeness (QED) is 0.0811. The Hall–Kier alpha value is -11.9. The molecule has 7 heteroatoms. The maximum Gasteiger partial charge on any atom is 0.144 e. The lowest BCUT2D eigenvalue weighted by molar-refractivity contribution is 0.926. The predicted molar refractivity (Wildman–Crippen MR) is 386 cm³/mol. The Labute approximate surface area is 548 Å². The topological polar surface area (TPSA) is 58.4 Å². The monoisotopic (exact) mass is 1210 g/mol. The summed E-state index contributed by atoms with van der Waals surface area (Å²) >= 11 is 0. The lowest BCUT2D eigenvalue weighted by Crippen LogP contribution is -1.98. The van der Waals surface area contributed by atoms with Gasteiger partial charge in [-0.3, -0.25) is 13.7 Å². The largest absolute Gasteiger partial charge is 0.309 e. The van der Waals surface area contributed by atoms with Crippen molar-refractivity contribution in [3.05, 3.63) is 368 Å². The van der Waals surface area contributed by atoms with Crippen molar-refractivity contribution < 1.29 is 0 Å². The van der Waals surface area contributed by atoms with Gasteiger partial charge in [-0.15, -0.1) is 0 Å². The molecule has 0 bridgehead atoms. The van der Waals surface area contributed by atoms with Crippen LogP contribution in [0.2, 0.25) is 0 Å². The first kappa shape index (κ1) is 57.2. The molecule has 0 saturated heterocycles. The summed E-state index contributed by atoms with van der Waals surface area (Å²) in [7, 11) is 0. The molecule has 0 aliphatic rings. The van der Waals surface area contributed by atoms with Gasteiger partial charge in [0.15, 0.2) is 0 Å². The van der Waals surface area contributed by atoms with Gasteiger partial charge in [0.05, 0.1) is 16.7 Å². The van der Waals surface area contributed by atoms with E-state index in [0.717, 1.165) is 101 Å². The van der Waals surface area contributed by atoms with Gasteiger partial charge >= 0.3 is 0 Å². The van der Waals surface area contributed by atoms with E-state index < -0.39 is 0 Å². The van der Waals surface area contributed by atoms with E-state index in [1.807, 2.05) is 24.8 Å². The van der Waals surface area contributed by atoms with E-state index in [4.69, 9.17) is 15.0 Å². The van der Waals surface area contributed by atoms with Crippen LogP contribution in [-0.4, -0.2) is 33.2 Å². The Bertz CT molecular complexity index is 5240. The van der Waals surface area contributed by atoms with Crippen LogP contribution in [0.25, 0.3) is 112 Å². The van der Waals surface area contributed by atoms with Gasteiger partial charge in [0, 0.05) is 81.2 Å². The molecule has 0 saturated carbocycles. The Morgan fingerprint density at radius 2 is 0.596 bits per heavy atom. The van der Waals surface area contributed by atoms with Crippen LogP contribution < -0.4 is 0 Å². The van der Waals surface area contributed by atoms with E-state index in [0.29, 0.717) is 0 Å². The molecule has 0 fully saturated rings. The molecule has 0 aliphatic carbocycles. The third kappa shape index (κ3) is 11.9. The molecule has 0 atom stereocenters. The van der Waals surface area contributed by atoms with E-state index in [9.17, 15) is 0 Å². The first-order valence-corrected chi connectivity index (χ1v) is 32.6. The first-order chi connectivity index (χ1) is 46.5. The summed E-state index contributed by atoms with van der Waals surface area (Å²) in [5.41, 5.74) is 24.8. The SMILES string of the molecule is c1ccc(-c2ccc(-n3ccnc3-c3ccc(CCc4cccc(-n5c6ccc(CCc7ccc(-c8nccn8-c8ccc(-c9ccccc9)cc8)cc7)cc6c6cc(CCc7cn(-c8ccc(-c9ccccc9)cc8)c(-c8ccccc8)n7)ccc65)c4)cc3)cc2)cc1. The highest BCUT2D eigenvalue weighted by Gasteiger charge is 2.18. The average Bonchev–Trinajstić information content (AvgIpc) is 1.59. The molecule has 0 spiro atoms. The molecule has 0 aliphatic heterocycles. The summed E-state index contributed by atoms with van der Waals surface area (Å²) in [5.74, 6) is 2.80. The van der Waals surface area contributed by atoms with E-state index >= 15 is 0 Å². The smallest absolute Gasteiger partial charge is 0.144 e. The molecule has 16 aromatic rings. The highest BCUT2D eigenvalue weighted by Crippen LogP contribution is 2.36. The van der Waals surface area contributed by atoms with Gasteiger partial charge in [0.25, 0.3) is 0 Å². The van der Waals surface area contributed by atoms with Crippen LogP contribution in [0.5, 0.6) is 0 Å². The summed E-state index contributed by atoms with van der Waals surface area (Å²) in [4.78, 5) is 15.0. The summed E-state index contributed by atoms with van der Waals surface area (Å²) < 4.78 is 9.07. The third-order valence-electron chi connectivity index (χ3n) is 18.4. The number of fused-ring (bicyclic) bond motifs is 3. The summed E-state index contributed by atoms with van der Waals surface area (Å²) in [6.45, 7) is 0. The maximum atomic E-state index is 5.34. The molecule has 0 unspecified atom stereocenters. The van der Waals surface area contributed by atoms with Crippen LogP contribution in [0.4, 0.5) is 0 Å². The van der Waals surface area contributed by atoms with Crippen LogP contribution in [0.1, 0.15) is 33.5 Å². The standard InChI is InChI=1S/C87H67N7/c1-5-15-67(16-6-1)70-39-46-77(47-40-70)91-56-54-88-85(91)74-35-28-62(29-36-74)24-26-64-14-13-23-80(58-64)94-83-52-33-65(27-25-63-30-37-75(38-31-63)86-89-55-57-92(86)78-48-41-71(42-49-78)68-17-7-2-8-18-68)59-81(83)82-60-66(34-53-84(82)94)32-45-76-61-93(87(90-76)73-21-11-4-12-22-73)79-50-43-72(44-51-79)69-19-9-3-10-20-69/h1-23,28-31,33-44,46-61H,24-27,32,45H2. The van der Waals surface area contributed by atoms with Crippen molar-refractivity contribution in [1.29, 1.82) is 0 Å². The lowest BCUT2D eigenvalue weighted by Gasteiger charge is -2.12. The number of benzene rings is 12. The van der Waals surface area contributed by atoms with Gasteiger partial charge in [0.2, 0.25) is 0 Å². The van der Waals surface area contributed by atoms with Gasteiger partial charge in [-0.2, -0.15) is 0 Å². The molecule has 450 valence electrons. The normalized spacial score (nSPS) is 11.4. The number of rotatable bonds is 19. The zero-order valence-electron chi connectivity index (χ0n) is 52.1. The van der Waals surface area contributed by atoms with Crippen LogP contribution >= 0.6 is 0 Å². The molecular formula is C87H67N7. The second kappa shape index (κ2) is 25.8. The van der Waals surface area contributed by atoms with Crippen molar-refractivity contribution >= 4 is 21.8 Å². The highest BCUT2D eigenvalue weighted by molar-refractivity contribution is 6.09. The number of hydrogen-bond donors (Lipinski definition) is 0. The van der Waals surface area contributed by atoms with Crippen molar-refractivity contribution in [2.45, 2.75) is 38.5 Å². The Kier molecular flexibility index (Phi) is 15.7. The molecule has 4 aromatic heterocycles. The zero-order valence-corrected chi connectivity index (χ0v) is 52.1. The summed E-state index contributed by atoms with van der Waals surface area (Å²) in [6.07, 6.45) is 15.4. The van der Waals surface area contributed by atoms with E-state index in [-0.39, 0.29) is 0 Å². The fourth-order valence-corrected chi connectivity index (χ4v) is 13.4. The minimum atomic E-state index is 0.798.